The maximum absolute atomic E-state index is 5.99. The lowest BCUT2D eigenvalue weighted by atomic mass is 9.99. The van der Waals surface area contributed by atoms with E-state index in [0.717, 1.165) is 23.6 Å². The Morgan fingerprint density at radius 1 is 1.19 bits per heavy atom. The summed E-state index contributed by atoms with van der Waals surface area (Å²) in [5.74, 6) is 0.639. The van der Waals surface area contributed by atoms with Gasteiger partial charge in [0.2, 0.25) is 0 Å². The number of rotatable bonds is 0. The molecule has 3 rings (SSSR count). The zero-order valence-corrected chi connectivity index (χ0v) is 9.33. The van der Waals surface area contributed by atoms with Crippen molar-refractivity contribution in [3.63, 3.8) is 0 Å². The molecule has 0 radical (unpaired) electrons. The lowest BCUT2D eigenvalue weighted by Crippen LogP contribution is -2.33. The van der Waals surface area contributed by atoms with Crippen molar-refractivity contribution in [1.29, 1.82) is 0 Å². The maximum Gasteiger partial charge on any atom is 0.131 e. The molecule has 0 atom stereocenters. The second kappa shape index (κ2) is 3.34. The van der Waals surface area contributed by atoms with Crippen LogP contribution in [0.5, 0.6) is 0 Å². The molecule has 2 N–H and O–H groups in total. The molecular weight excluding hydrogens is 196 g/mol. The van der Waals surface area contributed by atoms with Crippen molar-refractivity contribution in [3.05, 3.63) is 34.8 Å². The Kier molecular flexibility index (Phi) is 1.96. The van der Waals surface area contributed by atoms with E-state index in [0.29, 0.717) is 5.82 Å². The highest BCUT2D eigenvalue weighted by Gasteiger charge is 2.07. The van der Waals surface area contributed by atoms with Gasteiger partial charge in [-0.1, -0.05) is 35.9 Å². The molecule has 1 aromatic carbocycles. The first kappa shape index (κ1) is 9.40. The molecule has 0 aliphatic heterocycles. The van der Waals surface area contributed by atoms with Crippen molar-refractivity contribution in [2.24, 2.45) is 0 Å². The molecule has 2 aromatic rings. The van der Waals surface area contributed by atoms with Crippen LogP contribution in [0.25, 0.3) is 22.4 Å². The molecule has 0 bridgehead atoms. The molecule has 80 valence electrons. The van der Waals surface area contributed by atoms with Crippen LogP contribution >= 0.6 is 0 Å². The number of benzene rings is 1. The number of anilines is 1. The van der Waals surface area contributed by atoms with Crippen molar-refractivity contribution in [3.8, 4) is 0 Å². The average molecular weight is 210 g/mol. The zero-order chi connectivity index (χ0) is 11.1. The fourth-order valence-electron chi connectivity index (χ4n) is 2.45. The highest BCUT2D eigenvalue weighted by Crippen LogP contribution is 2.16. The SMILES string of the molecule is CC1=c2c(nc(N)c3ccccc23)=CCC1. The Hall–Kier alpha value is -1.83. The van der Waals surface area contributed by atoms with Crippen LogP contribution in [0.1, 0.15) is 19.8 Å². The van der Waals surface area contributed by atoms with Crippen LogP contribution in [0.15, 0.2) is 24.3 Å². The summed E-state index contributed by atoms with van der Waals surface area (Å²) in [5, 5.41) is 4.64. The third-order valence-electron chi connectivity index (χ3n) is 3.25. The van der Waals surface area contributed by atoms with Gasteiger partial charge in [0.1, 0.15) is 5.82 Å². The first-order valence-electron chi connectivity index (χ1n) is 5.61. The van der Waals surface area contributed by atoms with Gasteiger partial charge in [-0.05, 0) is 25.2 Å². The first-order chi connectivity index (χ1) is 7.77. The van der Waals surface area contributed by atoms with Gasteiger partial charge in [-0.2, -0.15) is 0 Å². The molecule has 0 unspecified atom stereocenters. The smallest absolute Gasteiger partial charge is 0.131 e. The second-order valence-electron chi connectivity index (χ2n) is 4.33. The van der Waals surface area contributed by atoms with Crippen molar-refractivity contribution in [2.45, 2.75) is 19.8 Å². The molecule has 1 aliphatic carbocycles. The number of fused-ring (bicyclic) bond motifs is 3. The monoisotopic (exact) mass is 210 g/mol. The number of hydrogen-bond donors (Lipinski definition) is 1. The fraction of sp³-hybridized carbons (Fsp3) is 0.214. The molecular formula is C14H14N2. The van der Waals surface area contributed by atoms with Gasteiger partial charge < -0.3 is 5.73 Å². The molecule has 0 fully saturated rings. The quantitative estimate of drug-likeness (QED) is 0.716. The third-order valence-corrected chi connectivity index (χ3v) is 3.25. The van der Waals surface area contributed by atoms with Crippen molar-refractivity contribution < 1.29 is 0 Å². The van der Waals surface area contributed by atoms with Crippen molar-refractivity contribution in [1.82, 2.24) is 4.98 Å². The summed E-state index contributed by atoms with van der Waals surface area (Å²) in [7, 11) is 0. The minimum Gasteiger partial charge on any atom is -0.383 e. The summed E-state index contributed by atoms with van der Waals surface area (Å²) >= 11 is 0. The molecule has 2 nitrogen and oxygen atoms in total. The summed E-state index contributed by atoms with van der Waals surface area (Å²) in [6.07, 6.45) is 4.39. The number of nitrogen functional groups attached to an aromatic ring is 1. The second-order valence-corrected chi connectivity index (χ2v) is 4.33. The molecule has 1 heterocycles. The van der Waals surface area contributed by atoms with Gasteiger partial charge in [0, 0.05) is 10.6 Å². The maximum atomic E-state index is 5.99. The van der Waals surface area contributed by atoms with Crippen molar-refractivity contribution in [2.75, 3.05) is 5.73 Å². The topological polar surface area (TPSA) is 38.9 Å². The molecule has 0 spiro atoms. The predicted octanol–water partition coefficient (Wildman–Crippen LogP) is 1.56. The highest BCUT2D eigenvalue weighted by atomic mass is 14.8. The molecule has 0 amide bonds. The van der Waals surface area contributed by atoms with E-state index in [9.17, 15) is 0 Å². The Morgan fingerprint density at radius 3 is 2.75 bits per heavy atom. The summed E-state index contributed by atoms with van der Waals surface area (Å²) in [6.45, 7) is 2.19. The fourth-order valence-corrected chi connectivity index (χ4v) is 2.45. The number of nitrogens with two attached hydrogens (primary N) is 1. The lowest BCUT2D eigenvalue weighted by Gasteiger charge is -2.10. The first-order valence-corrected chi connectivity index (χ1v) is 5.61. The zero-order valence-electron chi connectivity index (χ0n) is 9.33. The molecule has 0 saturated carbocycles. The van der Waals surface area contributed by atoms with Crippen LogP contribution < -0.4 is 16.3 Å². The van der Waals surface area contributed by atoms with E-state index >= 15 is 0 Å². The number of nitrogens with zero attached hydrogens (tertiary/aromatic N) is 1. The van der Waals surface area contributed by atoms with E-state index in [1.54, 1.807) is 0 Å². The summed E-state index contributed by atoms with van der Waals surface area (Å²) in [6, 6.07) is 8.24. The minimum atomic E-state index is 0.639. The lowest BCUT2D eigenvalue weighted by molar-refractivity contribution is 1.05. The van der Waals surface area contributed by atoms with E-state index in [-0.39, 0.29) is 0 Å². The Balaban J connectivity index is 2.67. The molecule has 16 heavy (non-hydrogen) atoms. The minimum absolute atomic E-state index is 0.639. The van der Waals surface area contributed by atoms with Crippen LogP contribution in [-0.2, 0) is 0 Å². The van der Waals surface area contributed by atoms with Gasteiger partial charge in [0.15, 0.2) is 0 Å². The largest absolute Gasteiger partial charge is 0.383 e. The molecule has 0 saturated heterocycles. The number of hydrogen-bond acceptors (Lipinski definition) is 2. The summed E-state index contributed by atoms with van der Waals surface area (Å²) in [4.78, 5) is 4.49. The normalized spacial score (nSPS) is 14.7. The number of pyridine rings is 1. The summed E-state index contributed by atoms with van der Waals surface area (Å²) < 4.78 is 0. The van der Waals surface area contributed by atoms with Gasteiger partial charge >= 0.3 is 0 Å². The van der Waals surface area contributed by atoms with E-state index < -0.39 is 0 Å². The van der Waals surface area contributed by atoms with E-state index in [1.165, 1.54) is 16.2 Å². The van der Waals surface area contributed by atoms with Gasteiger partial charge in [-0.15, -0.1) is 0 Å². The molecule has 2 heteroatoms. The Labute approximate surface area is 94.1 Å². The Bertz CT molecular complexity index is 684. The predicted molar refractivity (Wildman–Crippen MR) is 68.2 cm³/mol. The number of aromatic nitrogens is 1. The molecule has 1 aliphatic rings. The van der Waals surface area contributed by atoms with Gasteiger partial charge in [0.05, 0.1) is 5.35 Å². The van der Waals surface area contributed by atoms with Crippen LogP contribution in [0.3, 0.4) is 0 Å². The summed E-state index contributed by atoms with van der Waals surface area (Å²) in [5.41, 5.74) is 7.40. The molecule has 1 aromatic heterocycles. The van der Waals surface area contributed by atoms with E-state index in [2.05, 4.69) is 30.1 Å². The van der Waals surface area contributed by atoms with E-state index in [1.807, 2.05) is 12.1 Å². The third kappa shape index (κ3) is 1.23. The highest BCUT2D eigenvalue weighted by molar-refractivity contribution is 5.92. The van der Waals surface area contributed by atoms with Gasteiger partial charge in [0.25, 0.3) is 0 Å². The average Bonchev–Trinajstić information content (AvgIpc) is 2.29. The van der Waals surface area contributed by atoms with Crippen LogP contribution in [0.4, 0.5) is 5.82 Å². The van der Waals surface area contributed by atoms with Gasteiger partial charge in [-0.3, -0.25) is 0 Å². The Morgan fingerprint density at radius 2 is 1.94 bits per heavy atom. The standard InChI is InChI=1S/C14H14N2/c1-9-5-4-8-12-13(9)10-6-2-3-7-11(10)14(15)16-12/h2-3,6-8H,4-5H2,1H3,(H2,15,16). The van der Waals surface area contributed by atoms with Crippen LogP contribution in [0, 0.1) is 0 Å². The van der Waals surface area contributed by atoms with Crippen LogP contribution in [0.2, 0.25) is 0 Å². The van der Waals surface area contributed by atoms with E-state index in [4.69, 9.17) is 5.73 Å². The van der Waals surface area contributed by atoms with Crippen molar-refractivity contribution >= 4 is 28.2 Å². The van der Waals surface area contributed by atoms with Crippen LogP contribution in [-0.4, -0.2) is 4.98 Å². The van der Waals surface area contributed by atoms with Gasteiger partial charge in [-0.25, -0.2) is 4.98 Å².